The fraction of sp³-hybridized carbons (Fsp3) is 0.435. The summed E-state index contributed by atoms with van der Waals surface area (Å²) in [7, 11) is 0. The molecule has 0 spiro atoms. The lowest BCUT2D eigenvalue weighted by atomic mass is 10.0. The summed E-state index contributed by atoms with van der Waals surface area (Å²) in [5.41, 5.74) is -0.223. The Bertz CT molecular complexity index is 1080. The molecule has 2 aliphatic rings. The molecule has 1 amide bonds. The highest BCUT2D eigenvalue weighted by molar-refractivity contribution is 6.00. The second-order valence-electron chi connectivity index (χ2n) is 8.64. The van der Waals surface area contributed by atoms with Crippen molar-refractivity contribution in [2.24, 2.45) is 5.92 Å². The number of nitrogens with zero attached hydrogens (tertiary/aromatic N) is 3. The van der Waals surface area contributed by atoms with Crippen molar-refractivity contribution in [1.29, 1.82) is 0 Å². The van der Waals surface area contributed by atoms with E-state index in [0.717, 1.165) is 18.7 Å². The minimum Gasteiger partial charge on any atom is -0.503 e. The molecule has 0 aliphatic carbocycles. The second-order valence-corrected chi connectivity index (χ2v) is 8.64. The molecule has 0 saturated carbocycles. The normalized spacial score (nSPS) is 18.4. The third kappa shape index (κ3) is 3.99. The topological polar surface area (TPSA) is 82.8 Å². The van der Waals surface area contributed by atoms with Gasteiger partial charge in [0.05, 0.1) is 12.1 Å². The fourth-order valence-electron chi connectivity index (χ4n) is 4.44. The van der Waals surface area contributed by atoms with Crippen LogP contribution in [0.25, 0.3) is 0 Å². The highest BCUT2D eigenvalue weighted by Gasteiger charge is 2.42. The minimum atomic E-state index is -0.819. The van der Waals surface area contributed by atoms with Crippen molar-refractivity contribution < 1.29 is 19.1 Å². The van der Waals surface area contributed by atoms with Gasteiger partial charge in [-0.1, -0.05) is 26.0 Å². The maximum absolute atomic E-state index is 13.1. The smallest absolute Gasteiger partial charge is 0.275 e. The van der Waals surface area contributed by atoms with E-state index in [1.165, 1.54) is 18.3 Å². The molecule has 2 aliphatic heterocycles. The molecule has 1 fully saturated rings. The summed E-state index contributed by atoms with van der Waals surface area (Å²) in [4.78, 5) is 42.3. The van der Waals surface area contributed by atoms with E-state index in [4.69, 9.17) is 0 Å². The van der Waals surface area contributed by atoms with Crippen LogP contribution >= 0.6 is 0 Å². The molecule has 4 rings (SSSR count). The van der Waals surface area contributed by atoms with Crippen LogP contribution in [-0.2, 0) is 13.0 Å². The lowest BCUT2D eigenvalue weighted by molar-refractivity contribution is 0.0487. The number of pyridine rings is 1. The number of ketones is 1. The van der Waals surface area contributed by atoms with Crippen LogP contribution in [-0.4, -0.2) is 57.0 Å². The highest BCUT2D eigenvalue weighted by Crippen LogP contribution is 2.29. The Kier molecular flexibility index (Phi) is 5.66. The molecule has 1 aromatic heterocycles. The zero-order chi connectivity index (χ0) is 22.3. The molecule has 2 aromatic rings. The first kappa shape index (κ1) is 21.2. The zero-order valence-corrected chi connectivity index (χ0v) is 17.7. The molecule has 8 heteroatoms. The van der Waals surface area contributed by atoms with Crippen LogP contribution in [0.4, 0.5) is 4.39 Å². The number of amides is 1. The Morgan fingerprint density at radius 3 is 2.58 bits per heavy atom. The molecule has 31 heavy (non-hydrogen) atoms. The summed E-state index contributed by atoms with van der Waals surface area (Å²) >= 11 is 0. The summed E-state index contributed by atoms with van der Waals surface area (Å²) < 4.78 is 14.6. The van der Waals surface area contributed by atoms with Gasteiger partial charge in [-0.25, -0.2) is 4.39 Å². The third-order valence-electron chi connectivity index (χ3n) is 5.94. The van der Waals surface area contributed by atoms with E-state index < -0.39 is 17.0 Å². The van der Waals surface area contributed by atoms with E-state index in [-0.39, 0.29) is 35.6 Å². The van der Waals surface area contributed by atoms with Crippen LogP contribution in [0.2, 0.25) is 0 Å². The van der Waals surface area contributed by atoms with Crippen molar-refractivity contribution in [1.82, 2.24) is 14.4 Å². The van der Waals surface area contributed by atoms with E-state index in [0.29, 0.717) is 25.4 Å². The van der Waals surface area contributed by atoms with Gasteiger partial charge in [-0.15, -0.1) is 0 Å². The molecule has 1 N–H and O–H groups in total. The van der Waals surface area contributed by atoms with Gasteiger partial charge in [0.25, 0.3) is 5.91 Å². The molecule has 0 bridgehead atoms. The van der Waals surface area contributed by atoms with E-state index in [9.17, 15) is 23.9 Å². The molecule has 164 valence electrons. The second kappa shape index (κ2) is 8.26. The third-order valence-corrected chi connectivity index (χ3v) is 5.94. The number of rotatable bonds is 6. The number of hydrogen-bond acceptors (Lipinski definition) is 5. The van der Waals surface area contributed by atoms with Crippen LogP contribution < -0.4 is 5.43 Å². The van der Waals surface area contributed by atoms with Gasteiger partial charge in [-0.05, 0) is 30.0 Å². The number of Topliss-reactive ketones (excluding diaryl/α,β-unsaturated/α-hetero) is 1. The molecule has 1 saturated heterocycles. The fourth-order valence-corrected chi connectivity index (χ4v) is 4.44. The first-order chi connectivity index (χ1) is 14.8. The lowest BCUT2D eigenvalue weighted by Crippen LogP contribution is -2.51. The molecule has 7 nitrogen and oxygen atoms in total. The lowest BCUT2D eigenvalue weighted by Gasteiger charge is -2.36. The van der Waals surface area contributed by atoms with Crippen molar-refractivity contribution in [2.45, 2.75) is 39.4 Å². The number of hydrogen-bond donors (Lipinski definition) is 1. The Balaban J connectivity index is 1.60. The van der Waals surface area contributed by atoms with Crippen molar-refractivity contribution in [3.63, 3.8) is 0 Å². The predicted molar refractivity (Wildman–Crippen MR) is 113 cm³/mol. The van der Waals surface area contributed by atoms with Crippen LogP contribution in [0.15, 0.2) is 35.3 Å². The number of aromatic nitrogens is 1. The minimum absolute atomic E-state index is 0.0443. The summed E-state index contributed by atoms with van der Waals surface area (Å²) in [6.45, 7) is 6.72. The highest BCUT2D eigenvalue weighted by atomic mass is 19.1. The number of carbonyl (C=O) groups excluding carboxylic acids is 2. The van der Waals surface area contributed by atoms with Gasteiger partial charge in [0.15, 0.2) is 17.2 Å². The quantitative estimate of drug-likeness (QED) is 0.715. The molecule has 1 unspecified atom stereocenters. The first-order valence-electron chi connectivity index (χ1n) is 10.6. The summed E-state index contributed by atoms with van der Waals surface area (Å²) in [5.74, 6) is -1.39. The van der Waals surface area contributed by atoms with Crippen LogP contribution in [0.1, 0.15) is 46.7 Å². The average Bonchev–Trinajstić information content (AvgIpc) is 3.12. The molecular formula is C23H26FN3O4. The Labute approximate surface area is 179 Å². The largest absolute Gasteiger partial charge is 0.503 e. The van der Waals surface area contributed by atoms with Crippen molar-refractivity contribution in [3.8, 4) is 5.75 Å². The van der Waals surface area contributed by atoms with E-state index in [1.54, 1.807) is 21.6 Å². The molecular weight excluding hydrogens is 401 g/mol. The van der Waals surface area contributed by atoms with E-state index >= 15 is 0 Å². The molecule has 1 atom stereocenters. The summed E-state index contributed by atoms with van der Waals surface area (Å²) in [6, 6.07) is 5.83. The SMILES string of the molecule is CC(C)CN1CCN2C(=O)c3c(O)c(=O)c(C(=O)CCc4ccc(F)cc4)cn3CC12. The number of benzene rings is 1. The number of halogens is 1. The molecule has 1 aromatic carbocycles. The van der Waals surface area contributed by atoms with Gasteiger partial charge < -0.3 is 14.6 Å². The van der Waals surface area contributed by atoms with Gasteiger partial charge in [-0.3, -0.25) is 19.3 Å². The van der Waals surface area contributed by atoms with E-state index in [2.05, 4.69) is 18.7 Å². The number of fused-ring (bicyclic) bond motifs is 2. The monoisotopic (exact) mass is 427 g/mol. The number of aryl methyl sites for hydroxylation is 1. The Morgan fingerprint density at radius 2 is 1.90 bits per heavy atom. The van der Waals surface area contributed by atoms with Crippen LogP contribution in [0.5, 0.6) is 5.75 Å². The standard InChI is InChI=1S/C23H26FN3O4/c1-14(2)11-25-9-10-27-19(25)13-26-12-17(21(29)22(30)20(26)23(27)31)18(28)8-5-15-3-6-16(24)7-4-15/h3-4,6-7,12,14,19,30H,5,8-11,13H2,1-2H3. The van der Waals surface area contributed by atoms with Crippen molar-refractivity contribution >= 4 is 11.7 Å². The van der Waals surface area contributed by atoms with Gasteiger partial charge in [0, 0.05) is 32.3 Å². The van der Waals surface area contributed by atoms with Gasteiger partial charge in [0.2, 0.25) is 5.43 Å². The van der Waals surface area contributed by atoms with Gasteiger partial charge in [0.1, 0.15) is 12.0 Å². The predicted octanol–water partition coefficient (Wildman–Crippen LogP) is 2.26. The zero-order valence-electron chi connectivity index (χ0n) is 17.7. The maximum atomic E-state index is 13.1. The average molecular weight is 427 g/mol. The van der Waals surface area contributed by atoms with Gasteiger partial charge >= 0.3 is 0 Å². The Morgan fingerprint density at radius 1 is 1.19 bits per heavy atom. The summed E-state index contributed by atoms with van der Waals surface area (Å²) in [5, 5.41) is 10.5. The van der Waals surface area contributed by atoms with Crippen molar-refractivity contribution in [3.05, 3.63) is 63.3 Å². The first-order valence-corrected chi connectivity index (χ1v) is 10.6. The summed E-state index contributed by atoms with van der Waals surface area (Å²) in [6.07, 6.45) is 1.64. The molecule has 0 radical (unpaired) electrons. The number of aromatic hydroxyl groups is 1. The van der Waals surface area contributed by atoms with Crippen LogP contribution in [0.3, 0.4) is 0 Å². The Hall–Kier alpha value is -3.00. The van der Waals surface area contributed by atoms with E-state index in [1.807, 2.05) is 0 Å². The number of carbonyl (C=O) groups is 2. The van der Waals surface area contributed by atoms with Crippen LogP contribution in [0, 0.1) is 11.7 Å². The molecule has 3 heterocycles. The van der Waals surface area contributed by atoms with Gasteiger partial charge in [-0.2, -0.15) is 0 Å². The van der Waals surface area contributed by atoms with Crippen molar-refractivity contribution in [2.75, 3.05) is 19.6 Å². The maximum Gasteiger partial charge on any atom is 0.275 e.